The predicted molar refractivity (Wildman–Crippen MR) is 75.1 cm³/mol. The van der Waals surface area contributed by atoms with Crippen LogP contribution in [0.25, 0.3) is 0 Å². The van der Waals surface area contributed by atoms with Gasteiger partial charge in [0.15, 0.2) is 5.78 Å². The van der Waals surface area contributed by atoms with Crippen molar-refractivity contribution in [3.8, 4) is 0 Å². The first-order valence-electron chi connectivity index (χ1n) is 6.28. The van der Waals surface area contributed by atoms with Gasteiger partial charge >= 0.3 is 0 Å². The maximum absolute atomic E-state index is 12.4. The van der Waals surface area contributed by atoms with Crippen LogP contribution in [0, 0.1) is 0 Å². The Labute approximate surface area is 112 Å². The van der Waals surface area contributed by atoms with Crippen LogP contribution in [-0.4, -0.2) is 23.5 Å². The molecule has 19 heavy (non-hydrogen) atoms. The molecule has 0 spiro atoms. The van der Waals surface area contributed by atoms with Crippen molar-refractivity contribution in [3.63, 3.8) is 0 Å². The predicted octanol–water partition coefficient (Wildman–Crippen LogP) is 1.78. The van der Waals surface area contributed by atoms with E-state index in [1.165, 1.54) is 0 Å². The Bertz CT molecular complexity index is 552. The molecule has 1 atom stereocenters. The Morgan fingerprint density at radius 3 is 2.37 bits per heavy atom. The third-order valence-electron chi connectivity index (χ3n) is 3.03. The fourth-order valence-electron chi connectivity index (χ4n) is 2.00. The SMILES string of the molecule is NCC(O)Cc1ccccc1C(=O)c1ccccc1. The van der Waals surface area contributed by atoms with Crippen LogP contribution in [0.4, 0.5) is 0 Å². The summed E-state index contributed by atoms with van der Waals surface area (Å²) >= 11 is 0. The summed E-state index contributed by atoms with van der Waals surface area (Å²) in [5, 5.41) is 9.65. The number of hydrogen-bond acceptors (Lipinski definition) is 3. The standard InChI is InChI=1S/C16H17NO2/c17-11-14(18)10-13-8-4-5-9-15(13)16(19)12-6-2-1-3-7-12/h1-9,14,18H,10-11,17H2. The average Bonchev–Trinajstić information content (AvgIpc) is 2.48. The third kappa shape index (κ3) is 3.28. The zero-order valence-corrected chi connectivity index (χ0v) is 10.6. The molecule has 0 aliphatic rings. The minimum atomic E-state index is -0.621. The van der Waals surface area contributed by atoms with Crippen molar-refractivity contribution in [2.24, 2.45) is 5.73 Å². The summed E-state index contributed by atoms with van der Waals surface area (Å²) in [7, 11) is 0. The first-order valence-corrected chi connectivity index (χ1v) is 6.28. The van der Waals surface area contributed by atoms with Crippen LogP contribution in [0.2, 0.25) is 0 Å². The summed E-state index contributed by atoms with van der Waals surface area (Å²) in [5.74, 6) is -0.0274. The Morgan fingerprint density at radius 1 is 1.05 bits per heavy atom. The lowest BCUT2D eigenvalue weighted by atomic mass is 9.95. The quantitative estimate of drug-likeness (QED) is 0.800. The van der Waals surface area contributed by atoms with Crippen LogP contribution in [0.3, 0.4) is 0 Å². The first-order chi connectivity index (χ1) is 9.22. The topological polar surface area (TPSA) is 63.3 Å². The molecule has 0 radical (unpaired) electrons. The molecule has 0 bridgehead atoms. The molecule has 98 valence electrons. The summed E-state index contributed by atoms with van der Waals surface area (Å²) in [6, 6.07) is 16.5. The van der Waals surface area contributed by atoms with Crippen molar-refractivity contribution < 1.29 is 9.90 Å². The van der Waals surface area contributed by atoms with E-state index < -0.39 is 6.10 Å². The van der Waals surface area contributed by atoms with Gasteiger partial charge in [-0.2, -0.15) is 0 Å². The molecule has 3 N–H and O–H groups in total. The normalized spacial score (nSPS) is 12.1. The smallest absolute Gasteiger partial charge is 0.193 e. The van der Waals surface area contributed by atoms with E-state index in [9.17, 15) is 9.90 Å². The van der Waals surface area contributed by atoms with Gasteiger partial charge in [0.2, 0.25) is 0 Å². The molecule has 1 unspecified atom stereocenters. The van der Waals surface area contributed by atoms with Crippen molar-refractivity contribution in [2.75, 3.05) is 6.54 Å². The number of aliphatic hydroxyl groups is 1. The van der Waals surface area contributed by atoms with Gasteiger partial charge in [-0.1, -0.05) is 54.6 Å². The van der Waals surface area contributed by atoms with Crippen molar-refractivity contribution >= 4 is 5.78 Å². The largest absolute Gasteiger partial charge is 0.391 e. The monoisotopic (exact) mass is 255 g/mol. The number of nitrogens with two attached hydrogens (primary N) is 1. The fourth-order valence-corrected chi connectivity index (χ4v) is 2.00. The summed E-state index contributed by atoms with van der Waals surface area (Å²) in [6.45, 7) is 0.188. The molecule has 0 aliphatic carbocycles. The van der Waals surface area contributed by atoms with Crippen LogP contribution < -0.4 is 5.73 Å². The molecule has 2 aromatic carbocycles. The average molecular weight is 255 g/mol. The lowest BCUT2D eigenvalue weighted by molar-refractivity contribution is 0.103. The first kappa shape index (κ1) is 13.5. The van der Waals surface area contributed by atoms with Gasteiger partial charge in [-0.3, -0.25) is 4.79 Å². The van der Waals surface area contributed by atoms with Crippen molar-refractivity contribution in [1.82, 2.24) is 0 Å². The molecule has 0 fully saturated rings. The van der Waals surface area contributed by atoms with Crippen LogP contribution in [0.1, 0.15) is 21.5 Å². The molecular weight excluding hydrogens is 238 g/mol. The highest BCUT2D eigenvalue weighted by Crippen LogP contribution is 2.16. The van der Waals surface area contributed by atoms with E-state index in [2.05, 4.69) is 0 Å². The van der Waals surface area contributed by atoms with Gasteiger partial charge in [-0.15, -0.1) is 0 Å². The Kier molecular flexibility index (Phi) is 4.44. The molecule has 0 heterocycles. The summed E-state index contributed by atoms with van der Waals surface area (Å²) in [6.07, 6.45) is -0.227. The Morgan fingerprint density at radius 2 is 1.68 bits per heavy atom. The van der Waals surface area contributed by atoms with E-state index in [0.29, 0.717) is 17.5 Å². The second-order valence-corrected chi connectivity index (χ2v) is 4.45. The zero-order valence-electron chi connectivity index (χ0n) is 10.6. The molecule has 3 heteroatoms. The number of benzene rings is 2. The minimum Gasteiger partial charge on any atom is -0.391 e. The van der Waals surface area contributed by atoms with E-state index in [4.69, 9.17) is 5.73 Å². The van der Waals surface area contributed by atoms with Crippen LogP contribution in [-0.2, 0) is 6.42 Å². The Hall–Kier alpha value is -1.97. The number of hydrogen-bond donors (Lipinski definition) is 2. The van der Waals surface area contributed by atoms with Crippen LogP contribution in [0.5, 0.6) is 0 Å². The molecule has 2 aromatic rings. The lowest BCUT2D eigenvalue weighted by Crippen LogP contribution is -2.23. The van der Waals surface area contributed by atoms with E-state index >= 15 is 0 Å². The number of carbonyl (C=O) groups excluding carboxylic acids is 1. The van der Waals surface area contributed by atoms with E-state index in [0.717, 1.165) is 5.56 Å². The van der Waals surface area contributed by atoms with E-state index in [-0.39, 0.29) is 12.3 Å². The molecule has 0 saturated carbocycles. The molecule has 0 amide bonds. The lowest BCUT2D eigenvalue weighted by Gasteiger charge is -2.12. The number of rotatable bonds is 5. The molecular formula is C16H17NO2. The highest BCUT2D eigenvalue weighted by Gasteiger charge is 2.14. The second kappa shape index (κ2) is 6.27. The van der Waals surface area contributed by atoms with E-state index in [1.54, 1.807) is 18.2 Å². The maximum Gasteiger partial charge on any atom is 0.193 e. The summed E-state index contributed by atoms with van der Waals surface area (Å²) < 4.78 is 0. The fraction of sp³-hybridized carbons (Fsp3) is 0.188. The molecule has 0 saturated heterocycles. The minimum absolute atomic E-state index is 0.0274. The maximum atomic E-state index is 12.4. The van der Waals surface area contributed by atoms with Crippen molar-refractivity contribution in [3.05, 3.63) is 71.3 Å². The van der Waals surface area contributed by atoms with Gasteiger partial charge in [0.1, 0.15) is 0 Å². The van der Waals surface area contributed by atoms with Crippen LogP contribution >= 0.6 is 0 Å². The van der Waals surface area contributed by atoms with Crippen molar-refractivity contribution in [1.29, 1.82) is 0 Å². The molecule has 0 aromatic heterocycles. The summed E-state index contributed by atoms with van der Waals surface area (Å²) in [4.78, 5) is 12.4. The van der Waals surface area contributed by atoms with Gasteiger partial charge in [-0.25, -0.2) is 0 Å². The highest BCUT2D eigenvalue weighted by molar-refractivity contribution is 6.09. The van der Waals surface area contributed by atoms with Gasteiger partial charge in [0.05, 0.1) is 6.10 Å². The van der Waals surface area contributed by atoms with Gasteiger partial charge < -0.3 is 10.8 Å². The molecule has 0 aliphatic heterocycles. The van der Waals surface area contributed by atoms with E-state index in [1.807, 2.05) is 36.4 Å². The number of carbonyl (C=O) groups is 1. The molecule has 3 nitrogen and oxygen atoms in total. The second-order valence-electron chi connectivity index (χ2n) is 4.45. The highest BCUT2D eigenvalue weighted by atomic mass is 16.3. The van der Waals surface area contributed by atoms with Crippen molar-refractivity contribution in [2.45, 2.75) is 12.5 Å². The number of ketones is 1. The number of aliphatic hydroxyl groups excluding tert-OH is 1. The zero-order chi connectivity index (χ0) is 13.7. The summed E-state index contributed by atoms with van der Waals surface area (Å²) in [5.41, 5.74) is 7.53. The Balaban J connectivity index is 2.32. The van der Waals surface area contributed by atoms with Gasteiger partial charge in [0, 0.05) is 24.1 Å². The van der Waals surface area contributed by atoms with Gasteiger partial charge in [0.25, 0.3) is 0 Å². The van der Waals surface area contributed by atoms with Crippen LogP contribution in [0.15, 0.2) is 54.6 Å². The third-order valence-corrected chi connectivity index (χ3v) is 3.03. The van der Waals surface area contributed by atoms with Gasteiger partial charge in [-0.05, 0) is 5.56 Å². The molecule has 2 rings (SSSR count).